The molecule has 1 aliphatic heterocycles. The lowest BCUT2D eigenvalue weighted by molar-refractivity contribution is -0.0885. The van der Waals surface area contributed by atoms with Crippen molar-refractivity contribution in [3.63, 3.8) is 0 Å². The maximum absolute atomic E-state index is 12.0. The molecule has 1 heterocycles. The molecule has 2 atom stereocenters. The zero-order valence-corrected chi connectivity index (χ0v) is 5.43. The van der Waals surface area contributed by atoms with Crippen LogP contribution in [0.4, 0.5) is 13.2 Å². The van der Waals surface area contributed by atoms with Gasteiger partial charge in [0.1, 0.15) is 12.2 Å². The Labute approximate surface area is 61.1 Å². The second-order valence-corrected chi connectivity index (χ2v) is 2.54. The predicted molar refractivity (Wildman–Crippen MR) is 31.9 cm³/mol. The summed E-state index contributed by atoms with van der Waals surface area (Å²) in [5, 5.41) is 0. The summed E-state index contributed by atoms with van der Waals surface area (Å²) in [4.78, 5) is 0. The third-order valence-electron chi connectivity index (χ3n) is 1.70. The fourth-order valence-electron chi connectivity index (χ4n) is 1.05. The molecule has 0 bridgehead atoms. The molecule has 0 radical (unpaired) electrons. The summed E-state index contributed by atoms with van der Waals surface area (Å²) in [6.45, 7) is 0. The molecule has 2 rings (SSSR count). The van der Waals surface area contributed by atoms with Crippen molar-refractivity contribution in [2.75, 3.05) is 0 Å². The number of hydrogen-bond donors (Lipinski definition) is 0. The van der Waals surface area contributed by atoms with E-state index in [9.17, 15) is 13.2 Å². The third kappa shape index (κ3) is 1.18. The zero-order chi connectivity index (χ0) is 8.06. The Morgan fingerprint density at radius 3 is 2.55 bits per heavy atom. The van der Waals surface area contributed by atoms with Crippen LogP contribution in [0.5, 0.6) is 0 Å². The Hall–Kier alpha value is -0.770. The maximum atomic E-state index is 12.0. The summed E-state index contributed by atoms with van der Waals surface area (Å²) in [7, 11) is 0. The highest BCUT2D eigenvalue weighted by Gasteiger charge is 2.42. The lowest BCUT2D eigenvalue weighted by atomic mass is 10.1. The maximum Gasteiger partial charge on any atom is 0.416 e. The summed E-state index contributed by atoms with van der Waals surface area (Å²) in [6, 6.07) is 0. The first-order valence-electron chi connectivity index (χ1n) is 3.20. The van der Waals surface area contributed by atoms with Crippen LogP contribution in [0.1, 0.15) is 0 Å². The molecular formula is C7H5F3O. The molecule has 1 nitrogen and oxygen atoms in total. The number of hydrogen-bond acceptors (Lipinski definition) is 1. The Balaban J connectivity index is 2.21. The first-order valence-corrected chi connectivity index (χ1v) is 3.20. The number of allylic oxidation sites excluding steroid dienone is 2. The van der Waals surface area contributed by atoms with E-state index in [1.54, 1.807) is 0 Å². The van der Waals surface area contributed by atoms with Gasteiger partial charge in [-0.3, -0.25) is 0 Å². The topological polar surface area (TPSA) is 12.5 Å². The van der Waals surface area contributed by atoms with Gasteiger partial charge in [0, 0.05) is 0 Å². The second kappa shape index (κ2) is 1.88. The Morgan fingerprint density at radius 2 is 2.00 bits per heavy atom. The van der Waals surface area contributed by atoms with Gasteiger partial charge in [-0.25, -0.2) is 0 Å². The predicted octanol–water partition coefficient (Wildman–Crippen LogP) is 1.81. The molecular weight excluding hydrogens is 157 g/mol. The minimum atomic E-state index is -4.23. The fourth-order valence-corrected chi connectivity index (χ4v) is 1.05. The fraction of sp³-hybridized carbons (Fsp3) is 0.429. The van der Waals surface area contributed by atoms with E-state index < -0.39 is 11.7 Å². The molecule has 0 saturated carbocycles. The van der Waals surface area contributed by atoms with Crippen molar-refractivity contribution < 1.29 is 17.9 Å². The average Bonchev–Trinajstić information content (AvgIpc) is 2.60. The number of alkyl halides is 3. The molecule has 0 aromatic heterocycles. The van der Waals surface area contributed by atoms with E-state index in [0.29, 0.717) is 0 Å². The van der Waals surface area contributed by atoms with Gasteiger partial charge in [0.05, 0.1) is 5.57 Å². The summed E-state index contributed by atoms with van der Waals surface area (Å²) >= 11 is 0. The van der Waals surface area contributed by atoms with Crippen molar-refractivity contribution in [2.24, 2.45) is 0 Å². The van der Waals surface area contributed by atoms with Gasteiger partial charge in [-0.05, 0) is 6.08 Å². The Morgan fingerprint density at radius 1 is 1.27 bits per heavy atom. The SMILES string of the molecule is FC(F)(F)C1=C[C@H]2O[C@H]2C=C1. The van der Waals surface area contributed by atoms with Crippen LogP contribution in [0.3, 0.4) is 0 Å². The molecule has 1 aliphatic carbocycles. The van der Waals surface area contributed by atoms with Crippen molar-refractivity contribution in [3.05, 3.63) is 23.8 Å². The quantitative estimate of drug-likeness (QED) is 0.495. The lowest BCUT2D eigenvalue weighted by Gasteiger charge is -2.07. The van der Waals surface area contributed by atoms with Gasteiger partial charge in [-0.2, -0.15) is 13.2 Å². The smallest absolute Gasteiger partial charge is 0.361 e. The molecule has 0 N–H and O–H groups in total. The highest BCUT2D eigenvalue weighted by Crippen LogP contribution is 2.36. The summed E-state index contributed by atoms with van der Waals surface area (Å²) in [5.74, 6) is 0. The van der Waals surface area contributed by atoms with E-state index in [0.717, 1.165) is 12.2 Å². The van der Waals surface area contributed by atoms with Gasteiger partial charge in [0.25, 0.3) is 0 Å². The zero-order valence-electron chi connectivity index (χ0n) is 5.43. The number of epoxide rings is 1. The molecule has 4 heteroatoms. The van der Waals surface area contributed by atoms with E-state index in [-0.39, 0.29) is 12.2 Å². The number of fused-ring (bicyclic) bond motifs is 1. The third-order valence-corrected chi connectivity index (χ3v) is 1.70. The number of halogens is 3. The Bertz CT molecular complexity index is 239. The van der Waals surface area contributed by atoms with Crippen LogP contribution in [-0.2, 0) is 4.74 Å². The first-order chi connectivity index (χ1) is 5.07. The molecule has 0 amide bonds. The minimum Gasteiger partial charge on any atom is -0.361 e. The normalized spacial score (nSPS) is 34.6. The van der Waals surface area contributed by atoms with Crippen molar-refractivity contribution in [3.8, 4) is 0 Å². The molecule has 1 saturated heterocycles. The van der Waals surface area contributed by atoms with Gasteiger partial charge >= 0.3 is 6.18 Å². The van der Waals surface area contributed by atoms with Crippen LogP contribution in [-0.4, -0.2) is 18.4 Å². The van der Waals surface area contributed by atoms with Crippen LogP contribution >= 0.6 is 0 Å². The minimum absolute atomic E-state index is 0.0962. The highest BCUT2D eigenvalue weighted by atomic mass is 19.4. The van der Waals surface area contributed by atoms with Crippen LogP contribution in [0.2, 0.25) is 0 Å². The Kier molecular flexibility index (Phi) is 1.18. The largest absolute Gasteiger partial charge is 0.416 e. The van der Waals surface area contributed by atoms with Crippen LogP contribution < -0.4 is 0 Å². The summed E-state index contributed by atoms with van der Waals surface area (Å²) in [6.07, 6.45) is -1.03. The molecule has 60 valence electrons. The van der Waals surface area contributed by atoms with Gasteiger partial charge in [0.2, 0.25) is 0 Å². The van der Waals surface area contributed by atoms with Gasteiger partial charge in [0.15, 0.2) is 0 Å². The molecule has 0 aromatic carbocycles. The van der Waals surface area contributed by atoms with E-state index in [2.05, 4.69) is 0 Å². The molecule has 0 unspecified atom stereocenters. The van der Waals surface area contributed by atoms with E-state index in [4.69, 9.17) is 4.74 Å². The molecule has 2 aliphatic rings. The molecule has 11 heavy (non-hydrogen) atoms. The molecule has 0 spiro atoms. The van der Waals surface area contributed by atoms with Crippen molar-refractivity contribution >= 4 is 0 Å². The lowest BCUT2D eigenvalue weighted by Crippen LogP contribution is -2.13. The molecule has 0 aromatic rings. The van der Waals surface area contributed by atoms with Crippen LogP contribution in [0, 0.1) is 0 Å². The van der Waals surface area contributed by atoms with Crippen molar-refractivity contribution in [2.45, 2.75) is 18.4 Å². The number of ether oxygens (including phenoxy) is 1. The average molecular weight is 162 g/mol. The van der Waals surface area contributed by atoms with E-state index in [1.165, 1.54) is 6.08 Å². The van der Waals surface area contributed by atoms with E-state index >= 15 is 0 Å². The van der Waals surface area contributed by atoms with Crippen LogP contribution in [0.15, 0.2) is 23.8 Å². The second-order valence-electron chi connectivity index (χ2n) is 2.54. The standard InChI is InChI=1S/C7H5F3O/c8-7(9,10)4-1-2-5-6(3-4)11-5/h1-3,5-6H/t5-,6+/m0/s1. The highest BCUT2D eigenvalue weighted by molar-refractivity contribution is 5.34. The van der Waals surface area contributed by atoms with E-state index in [1.807, 2.05) is 0 Å². The van der Waals surface area contributed by atoms with Gasteiger partial charge in [-0.15, -0.1) is 0 Å². The van der Waals surface area contributed by atoms with Gasteiger partial charge < -0.3 is 4.74 Å². The van der Waals surface area contributed by atoms with Crippen LogP contribution in [0.25, 0.3) is 0 Å². The van der Waals surface area contributed by atoms with Crippen molar-refractivity contribution in [1.29, 1.82) is 0 Å². The van der Waals surface area contributed by atoms with Gasteiger partial charge in [-0.1, -0.05) is 12.2 Å². The monoisotopic (exact) mass is 162 g/mol. The first kappa shape index (κ1) is 6.91. The summed E-state index contributed by atoms with van der Waals surface area (Å²) < 4.78 is 40.7. The number of rotatable bonds is 0. The summed E-state index contributed by atoms with van der Waals surface area (Å²) in [5.41, 5.74) is -0.601. The molecule has 1 fully saturated rings. The van der Waals surface area contributed by atoms with Crippen molar-refractivity contribution in [1.82, 2.24) is 0 Å².